The zero-order valence-electron chi connectivity index (χ0n) is 14.2. The van der Waals surface area contributed by atoms with Gasteiger partial charge in [0.15, 0.2) is 0 Å². The van der Waals surface area contributed by atoms with Crippen molar-refractivity contribution in [3.8, 4) is 0 Å². The van der Waals surface area contributed by atoms with Crippen molar-refractivity contribution in [1.82, 2.24) is 5.32 Å². The minimum Gasteiger partial charge on any atom is -0.378 e. The van der Waals surface area contributed by atoms with Crippen molar-refractivity contribution in [2.24, 2.45) is 0 Å². The molecule has 2 aromatic rings. The number of benzene rings is 2. The number of carbonyl (C=O) groups excluding carboxylic acids is 1. The Bertz CT molecular complexity index is 697. The fourth-order valence-electron chi connectivity index (χ4n) is 2.92. The van der Waals surface area contributed by atoms with Crippen LogP contribution in [-0.4, -0.2) is 38.8 Å². The van der Waals surface area contributed by atoms with Gasteiger partial charge in [0.1, 0.15) is 0 Å². The van der Waals surface area contributed by atoms with E-state index in [0.717, 1.165) is 39.1 Å². The number of nitrogens with one attached hydrogen (secondary N) is 1. The number of rotatable bonds is 6. The lowest BCUT2D eigenvalue weighted by Gasteiger charge is -2.28. The molecule has 0 spiro atoms. The van der Waals surface area contributed by atoms with Crippen LogP contribution in [0.4, 0.5) is 5.69 Å². The number of ether oxygens (including phenoxy) is 1. The van der Waals surface area contributed by atoms with Crippen molar-refractivity contribution < 1.29 is 9.53 Å². The predicted molar refractivity (Wildman–Crippen MR) is 102 cm³/mol. The first-order valence-electron chi connectivity index (χ1n) is 8.68. The first kappa shape index (κ1) is 17.8. The third kappa shape index (κ3) is 5.21. The summed E-state index contributed by atoms with van der Waals surface area (Å²) in [4.78, 5) is 14.4. The Morgan fingerprint density at radius 3 is 2.60 bits per heavy atom. The van der Waals surface area contributed by atoms with Gasteiger partial charge in [-0.05, 0) is 48.7 Å². The first-order chi connectivity index (χ1) is 12.2. The number of morpholine rings is 1. The van der Waals surface area contributed by atoms with E-state index < -0.39 is 0 Å². The normalized spacial score (nSPS) is 14.4. The highest BCUT2D eigenvalue weighted by atomic mass is 35.5. The van der Waals surface area contributed by atoms with Gasteiger partial charge in [0.05, 0.1) is 13.2 Å². The lowest BCUT2D eigenvalue weighted by Crippen LogP contribution is -2.36. The van der Waals surface area contributed by atoms with Crippen LogP contribution in [0.2, 0.25) is 5.02 Å². The van der Waals surface area contributed by atoms with E-state index >= 15 is 0 Å². The SMILES string of the molecule is O=C(NCCCc1ccc(N2CCOCC2)cc1)c1cccc(Cl)c1. The maximum atomic E-state index is 12.0. The van der Waals surface area contributed by atoms with Gasteiger partial charge in [-0.25, -0.2) is 0 Å². The second-order valence-electron chi connectivity index (χ2n) is 6.14. The van der Waals surface area contributed by atoms with Crippen molar-refractivity contribution in [2.45, 2.75) is 12.8 Å². The molecule has 0 saturated carbocycles. The van der Waals surface area contributed by atoms with Gasteiger partial charge in [-0.3, -0.25) is 4.79 Å². The number of hydrogen-bond donors (Lipinski definition) is 1. The molecule has 0 atom stereocenters. The summed E-state index contributed by atoms with van der Waals surface area (Å²) in [6, 6.07) is 15.7. The molecule has 1 aliphatic heterocycles. The van der Waals surface area contributed by atoms with Crippen LogP contribution in [0, 0.1) is 0 Å². The molecular formula is C20H23ClN2O2. The number of carbonyl (C=O) groups is 1. The monoisotopic (exact) mass is 358 g/mol. The van der Waals surface area contributed by atoms with Crippen molar-refractivity contribution in [3.63, 3.8) is 0 Å². The maximum absolute atomic E-state index is 12.0. The van der Waals surface area contributed by atoms with Gasteiger partial charge in [0.2, 0.25) is 0 Å². The fraction of sp³-hybridized carbons (Fsp3) is 0.350. The minimum atomic E-state index is -0.0786. The van der Waals surface area contributed by atoms with Gasteiger partial charge in [0, 0.05) is 35.9 Å². The topological polar surface area (TPSA) is 41.6 Å². The van der Waals surface area contributed by atoms with Gasteiger partial charge in [-0.15, -0.1) is 0 Å². The Labute approximate surface area is 153 Å². The van der Waals surface area contributed by atoms with Gasteiger partial charge in [-0.2, -0.15) is 0 Å². The fourth-order valence-corrected chi connectivity index (χ4v) is 3.11. The number of nitrogens with zero attached hydrogens (tertiary/aromatic N) is 1. The van der Waals surface area contributed by atoms with Crippen LogP contribution < -0.4 is 10.2 Å². The van der Waals surface area contributed by atoms with Gasteiger partial charge >= 0.3 is 0 Å². The van der Waals surface area contributed by atoms with E-state index in [9.17, 15) is 4.79 Å². The molecule has 0 aromatic heterocycles. The highest BCUT2D eigenvalue weighted by Gasteiger charge is 2.10. The molecule has 1 aliphatic rings. The molecule has 0 radical (unpaired) electrons. The lowest BCUT2D eigenvalue weighted by molar-refractivity contribution is 0.0953. The summed E-state index contributed by atoms with van der Waals surface area (Å²) in [5.74, 6) is -0.0786. The second-order valence-corrected chi connectivity index (χ2v) is 6.57. The number of hydrogen-bond acceptors (Lipinski definition) is 3. The summed E-state index contributed by atoms with van der Waals surface area (Å²) in [7, 11) is 0. The summed E-state index contributed by atoms with van der Waals surface area (Å²) in [5, 5.41) is 3.52. The zero-order chi connectivity index (χ0) is 17.5. The Kier molecular flexibility index (Phi) is 6.31. The highest BCUT2D eigenvalue weighted by molar-refractivity contribution is 6.30. The molecule has 1 saturated heterocycles. The average Bonchev–Trinajstić information content (AvgIpc) is 2.66. The van der Waals surface area contributed by atoms with Crippen LogP contribution in [0.15, 0.2) is 48.5 Å². The number of halogens is 1. The van der Waals surface area contributed by atoms with Crippen LogP contribution in [0.5, 0.6) is 0 Å². The molecule has 1 heterocycles. The molecule has 2 aromatic carbocycles. The first-order valence-corrected chi connectivity index (χ1v) is 9.05. The minimum absolute atomic E-state index is 0.0786. The molecule has 1 fully saturated rings. The van der Waals surface area contributed by atoms with Gasteiger partial charge in [-0.1, -0.05) is 29.8 Å². The highest BCUT2D eigenvalue weighted by Crippen LogP contribution is 2.17. The number of anilines is 1. The standard InChI is InChI=1S/C20H23ClN2O2/c21-18-5-1-4-17(15-18)20(24)22-10-2-3-16-6-8-19(9-7-16)23-11-13-25-14-12-23/h1,4-9,15H,2-3,10-14H2,(H,22,24). The van der Waals surface area contributed by atoms with Crippen molar-refractivity contribution in [1.29, 1.82) is 0 Å². The Hall–Kier alpha value is -2.04. The van der Waals surface area contributed by atoms with E-state index in [1.807, 2.05) is 0 Å². The van der Waals surface area contributed by atoms with Crippen molar-refractivity contribution in [3.05, 3.63) is 64.7 Å². The molecule has 5 heteroatoms. The summed E-state index contributed by atoms with van der Waals surface area (Å²) in [6.45, 7) is 4.16. The summed E-state index contributed by atoms with van der Waals surface area (Å²) in [5.41, 5.74) is 3.14. The van der Waals surface area contributed by atoms with E-state index in [-0.39, 0.29) is 5.91 Å². The van der Waals surface area contributed by atoms with Crippen molar-refractivity contribution >= 4 is 23.2 Å². The summed E-state index contributed by atoms with van der Waals surface area (Å²) < 4.78 is 5.38. The van der Waals surface area contributed by atoms with Crippen LogP contribution >= 0.6 is 11.6 Å². The van der Waals surface area contributed by atoms with Crippen molar-refractivity contribution in [2.75, 3.05) is 37.7 Å². The molecule has 25 heavy (non-hydrogen) atoms. The predicted octanol–water partition coefficient (Wildman–Crippen LogP) is 3.54. The molecule has 0 aliphatic carbocycles. The average molecular weight is 359 g/mol. The van der Waals surface area contributed by atoms with E-state index in [2.05, 4.69) is 34.5 Å². The Morgan fingerprint density at radius 2 is 1.88 bits per heavy atom. The Morgan fingerprint density at radius 1 is 1.12 bits per heavy atom. The van der Waals surface area contributed by atoms with Crippen LogP contribution in [0.25, 0.3) is 0 Å². The Balaban J connectivity index is 1.42. The number of aryl methyl sites for hydroxylation is 1. The summed E-state index contributed by atoms with van der Waals surface area (Å²) >= 11 is 5.91. The molecule has 3 rings (SSSR count). The van der Waals surface area contributed by atoms with Crippen LogP contribution in [0.3, 0.4) is 0 Å². The van der Waals surface area contributed by atoms with E-state index in [0.29, 0.717) is 17.1 Å². The second kappa shape index (κ2) is 8.88. The largest absolute Gasteiger partial charge is 0.378 e. The molecule has 1 N–H and O–H groups in total. The van der Waals surface area contributed by atoms with E-state index in [1.54, 1.807) is 24.3 Å². The smallest absolute Gasteiger partial charge is 0.251 e. The quantitative estimate of drug-likeness (QED) is 0.803. The van der Waals surface area contributed by atoms with Crippen LogP contribution in [-0.2, 0) is 11.2 Å². The molecule has 1 amide bonds. The molecule has 0 bridgehead atoms. The summed E-state index contributed by atoms with van der Waals surface area (Å²) in [6.07, 6.45) is 1.85. The zero-order valence-corrected chi connectivity index (χ0v) is 15.0. The maximum Gasteiger partial charge on any atom is 0.251 e. The van der Waals surface area contributed by atoms with E-state index in [4.69, 9.17) is 16.3 Å². The third-order valence-corrected chi connectivity index (χ3v) is 4.56. The lowest BCUT2D eigenvalue weighted by atomic mass is 10.1. The number of amides is 1. The molecular weight excluding hydrogens is 336 g/mol. The molecule has 4 nitrogen and oxygen atoms in total. The van der Waals surface area contributed by atoms with Crippen LogP contribution in [0.1, 0.15) is 22.3 Å². The molecule has 132 valence electrons. The van der Waals surface area contributed by atoms with Gasteiger partial charge in [0.25, 0.3) is 5.91 Å². The van der Waals surface area contributed by atoms with E-state index in [1.165, 1.54) is 11.3 Å². The molecule has 0 unspecified atom stereocenters. The third-order valence-electron chi connectivity index (χ3n) is 4.33. The van der Waals surface area contributed by atoms with Gasteiger partial charge < -0.3 is 15.0 Å².